The molecule has 0 aromatic rings. The van der Waals surface area contributed by atoms with Gasteiger partial charge < -0.3 is 29.7 Å². The molecule has 0 aliphatic rings. The minimum absolute atomic E-state index is 0.146. The third-order valence-corrected chi connectivity index (χ3v) is 9.45. The van der Waals surface area contributed by atoms with Gasteiger partial charge in [-0.15, -0.1) is 0 Å². The zero-order valence-corrected chi connectivity index (χ0v) is 35.3. The molecule has 0 aromatic heterocycles. The van der Waals surface area contributed by atoms with Gasteiger partial charge >= 0.3 is 19.8 Å². The highest BCUT2D eigenvalue weighted by molar-refractivity contribution is 7.47. The first-order valence-electron chi connectivity index (χ1n) is 21.0. The van der Waals surface area contributed by atoms with E-state index in [-0.39, 0.29) is 25.6 Å². The first-order valence-corrected chi connectivity index (χ1v) is 22.5. The van der Waals surface area contributed by atoms with Gasteiger partial charge in [-0.1, -0.05) is 119 Å². The van der Waals surface area contributed by atoms with Crippen molar-refractivity contribution in [1.29, 1.82) is 0 Å². The van der Waals surface area contributed by atoms with E-state index in [1.807, 2.05) is 19.1 Å². The fourth-order valence-electron chi connectivity index (χ4n) is 5.05. The molecule has 0 radical (unpaired) electrons. The minimum Gasteiger partial charge on any atom is -0.462 e. The lowest BCUT2D eigenvalue weighted by Crippen LogP contribution is -2.29. The Hall–Kier alpha value is -2.63. The molecule has 1 unspecified atom stereocenters. The Kier molecular flexibility index (Phi) is 37.4. The molecule has 0 fully saturated rings. The predicted molar refractivity (Wildman–Crippen MR) is 225 cm³/mol. The number of unbranched alkanes of at least 4 members (excludes halogenated alkanes) is 9. The minimum atomic E-state index is -4.64. The van der Waals surface area contributed by atoms with Crippen LogP contribution in [0, 0.1) is 0 Å². The van der Waals surface area contributed by atoms with Crippen LogP contribution in [0.5, 0.6) is 0 Å². The van der Waals surface area contributed by atoms with E-state index >= 15 is 0 Å². The average Bonchev–Trinajstić information content (AvgIpc) is 3.19. The van der Waals surface area contributed by atoms with E-state index in [4.69, 9.17) is 19.1 Å². The molecular weight excluding hydrogens is 735 g/mol. The van der Waals surface area contributed by atoms with Crippen molar-refractivity contribution >= 4 is 19.8 Å². The number of esters is 2. The summed E-state index contributed by atoms with van der Waals surface area (Å²) in [6.45, 7) is 1.96. The molecule has 56 heavy (non-hydrogen) atoms. The van der Waals surface area contributed by atoms with Crippen LogP contribution in [-0.4, -0.2) is 76.9 Å². The maximum atomic E-state index is 12.6. The van der Waals surface area contributed by atoms with Gasteiger partial charge in [-0.3, -0.25) is 18.6 Å². The SMILES string of the molecule is CCCCC/C=C\C/C=C\CCCCCCCC(=O)O[C@H](COC(=O)CCC/C=C\C/C=C\C/C=C\C/C=C\CC[C@@H](O)CC)COP(=O)(O)OC[C@@H](O)CO. The Labute approximate surface area is 338 Å². The summed E-state index contributed by atoms with van der Waals surface area (Å²) in [6.07, 6.45) is 41.0. The van der Waals surface area contributed by atoms with Gasteiger partial charge in [0.2, 0.25) is 0 Å². The fourth-order valence-corrected chi connectivity index (χ4v) is 5.84. The van der Waals surface area contributed by atoms with Gasteiger partial charge in [0.15, 0.2) is 6.10 Å². The van der Waals surface area contributed by atoms with Crippen LogP contribution in [-0.2, 0) is 32.7 Å². The quantitative estimate of drug-likeness (QED) is 0.0203. The number of allylic oxidation sites excluding steroid dienone is 12. The Morgan fingerprint density at radius 2 is 1.05 bits per heavy atom. The van der Waals surface area contributed by atoms with E-state index in [0.717, 1.165) is 83.5 Å². The number of hydrogen-bond acceptors (Lipinski definition) is 10. The maximum Gasteiger partial charge on any atom is 0.472 e. The second kappa shape index (κ2) is 39.2. The first-order chi connectivity index (χ1) is 27.1. The smallest absolute Gasteiger partial charge is 0.462 e. The van der Waals surface area contributed by atoms with Crippen LogP contribution >= 0.6 is 7.82 Å². The Morgan fingerprint density at radius 3 is 1.62 bits per heavy atom. The maximum absolute atomic E-state index is 12.6. The van der Waals surface area contributed by atoms with Gasteiger partial charge in [0.1, 0.15) is 12.7 Å². The summed E-state index contributed by atoms with van der Waals surface area (Å²) < 4.78 is 32.6. The van der Waals surface area contributed by atoms with Crippen LogP contribution in [0.4, 0.5) is 0 Å². The highest BCUT2D eigenvalue weighted by Crippen LogP contribution is 2.43. The Bertz CT molecular complexity index is 1180. The van der Waals surface area contributed by atoms with Crippen molar-refractivity contribution in [2.45, 2.75) is 167 Å². The van der Waals surface area contributed by atoms with Gasteiger partial charge in [0, 0.05) is 12.8 Å². The zero-order valence-electron chi connectivity index (χ0n) is 34.4. The Morgan fingerprint density at radius 1 is 0.571 bits per heavy atom. The molecule has 0 spiro atoms. The third-order valence-electron chi connectivity index (χ3n) is 8.50. The summed E-state index contributed by atoms with van der Waals surface area (Å²) >= 11 is 0. The van der Waals surface area contributed by atoms with Crippen molar-refractivity contribution in [3.63, 3.8) is 0 Å². The van der Waals surface area contributed by atoms with E-state index in [0.29, 0.717) is 19.3 Å². The standard InChI is InChI=1S/C44H75O11P/c1-3-5-6-7-8-9-10-11-12-17-20-23-26-29-32-35-44(49)55-42(39-54-56(50,51)53-37-41(47)36-45)38-52-43(48)34-31-28-25-22-19-16-14-13-15-18-21-24-27-30-33-40(46)4-2/h8-9,11-12,14-16,18,22,24-25,27,40-42,45-47H,3-7,10,13,17,19-21,23,26,28-39H2,1-2H3,(H,50,51)/b9-8-,12-11-,16-14-,18-15-,25-22-,27-24-/t40-,41-,42+/m0/s1. The number of aliphatic hydroxyl groups is 3. The molecule has 0 rings (SSSR count). The van der Waals surface area contributed by atoms with Gasteiger partial charge in [0.05, 0.1) is 25.9 Å². The molecule has 11 nitrogen and oxygen atoms in total. The lowest BCUT2D eigenvalue weighted by atomic mass is 10.1. The molecule has 0 heterocycles. The van der Waals surface area contributed by atoms with Crippen molar-refractivity contribution in [3.8, 4) is 0 Å². The normalized spacial score (nSPS) is 15.2. The van der Waals surface area contributed by atoms with Crippen molar-refractivity contribution in [1.82, 2.24) is 0 Å². The summed E-state index contributed by atoms with van der Waals surface area (Å²) in [5, 5.41) is 27.9. The molecule has 0 bridgehead atoms. The molecule has 0 aliphatic heterocycles. The molecular formula is C44H75O11P. The number of ether oxygens (including phenoxy) is 2. The summed E-state index contributed by atoms with van der Waals surface area (Å²) in [5.74, 6) is -1.03. The van der Waals surface area contributed by atoms with E-state index in [1.54, 1.807) is 0 Å². The molecule has 0 aliphatic carbocycles. The van der Waals surface area contributed by atoms with Gasteiger partial charge in [-0.2, -0.15) is 0 Å². The number of carbonyl (C=O) groups excluding carboxylic acids is 2. The van der Waals surface area contributed by atoms with Gasteiger partial charge in [-0.25, -0.2) is 4.57 Å². The number of phosphoric ester groups is 1. The zero-order chi connectivity index (χ0) is 41.4. The highest BCUT2D eigenvalue weighted by Gasteiger charge is 2.27. The lowest BCUT2D eigenvalue weighted by Gasteiger charge is -2.20. The third kappa shape index (κ3) is 38.3. The van der Waals surface area contributed by atoms with E-state index in [9.17, 15) is 29.3 Å². The molecule has 0 saturated carbocycles. The topological polar surface area (TPSA) is 169 Å². The van der Waals surface area contributed by atoms with Crippen molar-refractivity contribution in [2.75, 3.05) is 26.4 Å². The van der Waals surface area contributed by atoms with E-state index < -0.39 is 51.8 Å². The monoisotopic (exact) mass is 811 g/mol. The lowest BCUT2D eigenvalue weighted by molar-refractivity contribution is -0.161. The number of hydrogen-bond donors (Lipinski definition) is 4. The molecule has 4 atom stereocenters. The number of phosphoric acid groups is 1. The van der Waals surface area contributed by atoms with E-state index in [1.165, 1.54) is 19.3 Å². The first kappa shape index (κ1) is 53.4. The van der Waals surface area contributed by atoms with Gasteiger partial charge in [0.25, 0.3) is 0 Å². The molecule has 0 amide bonds. The van der Waals surface area contributed by atoms with Crippen LogP contribution < -0.4 is 0 Å². The van der Waals surface area contributed by atoms with E-state index in [2.05, 4.69) is 72.2 Å². The number of rotatable bonds is 38. The Balaban J connectivity index is 4.46. The molecule has 0 aromatic carbocycles. The summed E-state index contributed by atoms with van der Waals surface area (Å²) in [4.78, 5) is 34.9. The van der Waals surface area contributed by atoms with Crippen molar-refractivity contribution in [3.05, 3.63) is 72.9 Å². The summed E-state index contributed by atoms with van der Waals surface area (Å²) in [7, 11) is -4.64. The van der Waals surface area contributed by atoms with Crippen LogP contribution in [0.2, 0.25) is 0 Å². The second-order valence-corrected chi connectivity index (χ2v) is 15.2. The van der Waals surface area contributed by atoms with Crippen molar-refractivity contribution < 1.29 is 52.9 Å². The molecule has 4 N–H and O–H groups in total. The average molecular weight is 811 g/mol. The predicted octanol–water partition coefficient (Wildman–Crippen LogP) is 9.86. The van der Waals surface area contributed by atoms with Crippen LogP contribution in [0.15, 0.2) is 72.9 Å². The largest absolute Gasteiger partial charge is 0.472 e. The summed E-state index contributed by atoms with van der Waals surface area (Å²) in [5.41, 5.74) is 0. The van der Waals surface area contributed by atoms with Crippen LogP contribution in [0.1, 0.15) is 149 Å². The molecule has 12 heteroatoms. The number of carbonyl (C=O) groups is 2. The molecule has 322 valence electrons. The summed E-state index contributed by atoms with van der Waals surface area (Å²) in [6, 6.07) is 0. The van der Waals surface area contributed by atoms with Crippen LogP contribution in [0.3, 0.4) is 0 Å². The van der Waals surface area contributed by atoms with Gasteiger partial charge in [-0.05, 0) is 89.9 Å². The number of aliphatic hydroxyl groups excluding tert-OH is 3. The van der Waals surface area contributed by atoms with Crippen LogP contribution in [0.25, 0.3) is 0 Å². The van der Waals surface area contributed by atoms with Crippen molar-refractivity contribution in [2.24, 2.45) is 0 Å². The fraction of sp³-hybridized carbons (Fsp3) is 0.682. The second-order valence-electron chi connectivity index (χ2n) is 13.8. The highest BCUT2D eigenvalue weighted by atomic mass is 31.2. The molecule has 0 saturated heterocycles.